The zero-order valence-corrected chi connectivity index (χ0v) is 17.5. The van der Waals surface area contributed by atoms with Crippen molar-refractivity contribution in [1.82, 2.24) is 35.9 Å². The fourth-order valence-electron chi connectivity index (χ4n) is 3.84. The van der Waals surface area contributed by atoms with E-state index in [1.165, 1.54) is 5.01 Å². The predicted molar refractivity (Wildman–Crippen MR) is 108 cm³/mol. The van der Waals surface area contributed by atoms with Crippen LogP contribution in [0.25, 0.3) is 0 Å². The first-order valence-corrected chi connectivity index (χ1v) is 10.5. The quantitative estimate of drug-likeness (QED) is 0.422. The number of aliphatic hydroxyl groups is 1. The van der Waals surface area contributed by atoms with Gasteiger partial charge in [-0.25, -0.2) is 10.4 Å². The lowest BCUT2D eigenvalue weighted by Gasteiger charge is -2.42. The maximum atomic E-state index is 13.0. The van der Waals surface area contributed by atoms with Gasteiger partial charge in [0.1, 0.15) is 6.17 Å². The van der Waals surface area contributed by atoms with Gasteiger partial charge < -0.3 is 20.6 Å². The summed E-state index contributed by atoms with van der Waals surface area (Å²) in [5, 5.41) is 17.8. The summed E-state index contributed by atoms with van der Waals surface area (Å²) in [7, 11) is 0. The number of aromatic nitrogens is 2. The molecule has 4 rings (SSSR count). The van der Waals surface area contributed by atoms with Crippen LogP contribution in [0, 0.1) is 11.8 Å². The van der Waals surface area contributed by atoms with Crippen molar-refractivity contribution in [2.75, 3.05) is 13.1 Å². The van der Waals surface area contributed by atoms with E-state index >= 15 is 0 Å². The minimum atomic E-state index is -0.741. The average molecular weight is 429 g/mol. The van der Waals surface area contributed by atoms with Crippen molar-refractivity contribution < 1.29 is 19.5 Å². The topological polar surface area (TPSA) is 140 Å². The van der Waals surface area contributed by atoms with Crippen LogP contribution < -0.4 is 16.1 Å². The Bertz CT molecular complexity index is 900. The molecule has 11 heteroatoms. The van der Waals surface area contributed by atoms with Gasteiger partial charge in [-0.3, -0.25) is 24.4 Å². The van der Waals surface area contributed by atoms with Gasteiger partial charge in [0, 0.05) is 31.5 Å². The Hall–Kier alpha value is -3.21. The molecular formula is C20H27N7O4. The Morgan fingerprint density at radius 1 is 1.32 bits per heavy atom. The van der Waals surface area contributed by atoms with Gasteiger partial charge in [0.2, 0.25) is 11.8 Å². The number of hydrazine groups is 1. The minimum Gasteiger partial charge on any atom is -0.494 e. The minimum absolute atomic E-state index is 0.0445. The first-order valence-electron chi connectivity index (χ1n) is 10.5. The van der Waals surface area contributed by atoms with Crippen LogP contribution in [-0.2, 0) is 20.9 Å². The number of rotatable bonds is 7. The number of aliphatic hydroxyl groups excluding tert-OH is 1. The Labute approximate surface area is 179 Å². The molecule has 3 heterocycles. The highest BCUT2D eigenvalue weighted by molar-refractivity contribution is 6.19. The SMILES string of the molecule is CC(C)CN1C(O)=C(C(=O)NC2CC2)C(=O)N2NCC(C(=O)NCc3cnccn3)C12. The lowest BCUT2D eigenvalue weighted by Crippen LogP contribution is -2.60. The van der Waals surface area contributed by atoms with E-state index in [-0.39, 0.29) is 42.4 Å². The fraction of sp³-hybridized carbons (Fsp3) is 0.550. The molecule has 0 radical (unpaired) electrons. The molecular weight excluding hydrogens is 402 g/mol. The highest BCUT2D eigenvalue weighted by Gasteiger charge is 2.52. The van der Waals surface area contributed by atoms with Gasteiger partial charge >= 0.3 is 0 Å². The van der Waals surface area contributed by atoms with Gasteiger partial charge in [0.05, 0.1) is 24.4 Å². The van der Waals surface area contributed by atoms with Gasteiger partial charge in [0.15, 0.2) is 5.57 Å². The first kappa shape index (κ1) is 21.0. The molecule has 4 N–H and O–H groups in total. The molecule has 0 aromatic carbocycles. The molecule has 3 aliphatic rings. The molecule has 0 bridgehead atoms. The predicted octanol–water partition coefficient (Wildman–Crippen LogP) is -0.598. The van der Waals surface area contributed by atoms with Crippen LogP contribution in [0.5, 0.6) is 0 Å². The number of carbonyl (C=O) groups is 3. The van der Waals surface area contributed by atoms with Crippen LogP contribution in [0.2, 0.25) is 0 Å². The van der Waals surface area contributed by atoms with Gasteiger partial charge in [-0.15, -0.1) is 0 Å². The average Bonchev–Trinajstić information content (AvgIpc) is 3.43. The van der Waals surface area contributed by atoms with E-state index in [0.717, 1.165) is 12.8 Å². The lowest BCUT2D eigenvalue weighted by atomic mass is 10.0. The standard InChI is InChI=1S/C20H27N7O4/c1-11(2)10-26-18-14(16(28)23-8-13-7-21-5-6-22-13)9-24-27(18)20(31)15(19(26)30)17(29)25-12-3-4-12/h5-7,11-12,14,18,24,30H,3-4,8-10H2,1-2H3,(H,23,28)(H,25,29). The number of hydrogen-bond acceptors (Lipinski definition) is 8. The van der Waals surface area contributed by atoms with Crippen molar-refractivity contribution in [2.45, 2.75) is 45.4 Å². The largest absolute Gasteiger partial charge is 0.494 e. The summed E-state index contributed by atoms with van der Waals surface area (Å²) in [6.45, 7) is 4.69. The molecule has 31 heavy (non-hydrogen) atoms. The van der Waals surface area contributed by atoms with Crippen molar-refractivity contribution >= 4 is 17.7 Å². The molecule has 166 valence electrons. The number of hydrogen-bond donors (Lipinski definition) is 4. The van der Waals surface area contributed by atoms with Crippen LogP contribution in [-0.4, -0.2) is 68.0 Å². The Morgan fingerprint density at radius 3 is 2.74 bits per heavy atom. The Kier molecular flexibility index (Phi) is 5.77. The van der Waals surface area contributed by atoms with Crippen LogP contribution in [0.3, 0.4) is 0 Å². The molecule has 2 unspecified atom stereocenters. The Balaban J connectivity index is 1.56. The fourth-order valence-corrected chi connectivity index (χ4v) is 3.84. The zero-order valence-electron chi connectivity index (χ0n) is 17.5. The summed E-state index contributed by atoms with van der Waals surface area (Å²) in [6, 6.07) is 0.0445. The second-order valence-corrected chi connectivity index (χ2v) is 8.46. The third kappa shape index (κ3) is 4.31. The van der Waals surface area contributed by atoms with Gasteiger partial charge in [-0.1, -0.05) is 13.8 Å². The van der Waals surface area contributed by atoms with Crippen molar-refractivity contribution in [3.8, 4) is 0 Å². The third-order valence-electron chi connectivity index (χ3n) is 5.45. The third-order valence-corrected chi connectivity index (χ3v) is 5.45. The number of fused-ring (bicyclic) bond motifs is 1. The molecule has 1 saturated carbocycles. The zero-order chi connectivity index (χ0) is 22.1. The summed E-state index contributed by atoms with van der Waals surface area (Å²) >= 11 is 0. The number of amides is 3. The maximum Gasteiger partial charge on any atom is 0.280 e. The molecule has 1 saturated heterocycles. The second kappa shape index (κ2) is 8.50. The molecule has 2 atom stereocenters. The van der Waals surface area contributed by atoms with E-state index < -0.39 is 23.9 Å². The van der Waals surface area contributed by atoms with Crippen molar-refractivity contribution in [3.63, 3.8) is 0 Å². The molecule has 1 aromatic rings. The van der Waals surface area contributed by atoms with Crippen LogP contribution in [0.1, 0.15) is 32.4 Å². The Morgan fingerprint density at radius 2 is 2.10 bits per heavy atom. The van der Waals surface area contributed by atoms with Crippen molar-refractivity contribution in [3.05, 3.63) is 35.7 Å². The van der Waals surface area contributed by atoms with Gasteiger partial charge in [0.25, 0.3) is 11.8 Å². The van der Waals surface area contributed by atoms with E-state index in [2.05, 4.69) is 26.0 Å². The number of nitrogens with one attached hydrogen (secondary N) is 3. The summed E-state index contributed by atoms with van der Waals surface area (Å²) in [5.74, 6) is -2.41. The highest BCUT2D eigenvalue weighted by Crippen LogP contribution is 2.32. The normalized spacial score (nSPS) is 23.3. The second-order valence-electron chi connectivity index (χ2n) is 8.46. The molecule has 2 aliphatic heterocycles. The summed E-state index contributed by atoms with van der Waals surface area (Å²) in [4.78, 5) is 48.3. The maximum absolute atomic E-state index is 13.0. The molecule has 1 aromatic heterocycles. The van der Waals surface area contributed by atoms with Gasteiger partial charge in [-0.2, -0.15) is 0 Å². The summed E-state index contributed by atoms with van der Waals surface area (Å²) in [5.41, 5.74) is 3.26. The highest BCUT2D eigenvalue weighted by atomic mass is 16.3. The lowest BCUT2D eigenvalue weighted by molar-refractivity contribution is -0.144. The molecule has 1 aliphatic carbocycles. The molecule has 11 nitrogen and oxygen atoms in total. The van der Waals surface area contributed by atoms with Crippen LogP contribution in [0.15, 0.2) is 30.0 Å². The molecule has 3 amide bonds. The number of carbonyl (C=O) groups excluding carboxylic acids is 3. The number of nitrogens with zero attached hydrogens (tertiary/aromatic N) is 4. The van der Waals surface area contributed by atoms with E-state index in [0.29, 0.717) is 12.2 Å². The smallest absolute Gasteiger partial charge is 0.280 e. The van der Waals surface area contributed by atoms with Crippen molar-refractivity contribution in [2.24, 2.45) is 11.8 Å². The first-order chi connectivity index (χ1) is 14.9. The van der Waals surface area contributed by atoms with E-state index in [1.807, 2.05) is 13.8 Å². The van der Waals surface area contributed by atoms with Gasteiger partial charge in [-0.05, 0) is 18.8 Å². The van der Waals surface area contributed by atoms with Crippen molar-refractivity contribution in [1.29, 1.82) is 0 Å². The molecule has 2 fully saturated rings. The van der Waals surface area contributed by atoms with E-state index in [1.54, 1.807) is 23.5 Å². The summed E-state index contributed by atoms with van der Waals surface area (Å²) in [6.07, 6.45) is 5.64. The van der Waals surface area contributed by atoms with Crippen LogP contribution in [0.4, 0.5) is 0 Å². The molecule has 0 spiro atoms. The van der Waals surface area contributed by atoms with Crippen LogP contribution >= 0.6 is 0 Å². The van der Waals surface area contributed by atoms with E-state index in [9.17, 15) is 19.5 Å². The summed E-state index contributed by atoms with van der Waals surface area (Å²) < 4.78 is 0. The monoisotopic (exact) mass is 429 g/mol. The van der Waals surface area contributed by atoms with E-state index in [4.69, 9.17) is 0 Å².